The van der Waals surface area contributed by atoms with Crippen molar-refractivity contribution in [3.8, 4) is 0 Å². The average Bonchev–Trinajstić information content (AvgIpc) is 2.64. The molecular weight excluding hydrogens is 258 g/mol. The topological polar surface area (TPSA) is 29.5 Å². The molecule has 0 aliphatic carbocycles. The molecular formula is C12H18ClNO2S. The van der Waals surface area contributed by atoms with Gasteiger partial charge in [0.05, 0.1) is 16.9 Å². The summed E-state index contributed by atoms with van der Waals surface area (Å²) in [5, 5.41) is 0. The smallest absolute Gasteiger partial charge is 0.309 e. The van der Waals surface area contributed by atoms with E-state index in [1.54, 1.807) is 11.3 Å². The van der Waals surface area contributed by atoms with E-state index >= 15 is 0 Å². The fourth-order valence-electron chi connectivity index (χ4n) is 1.59. The lowest BCUT2D eigenvalue weighted by molar-refractivity contribution is -0.147. The lowest BCUT2D eigenvalue weighted by Gasteiger charge is -2.19. The maximum atomic E-state index is 11.5. The number of rotatable bonds is 6. The largest absolute Gasteiger partial charge is 0.466 e. The summed E-state index contributed by atoms with van der Waals surface area (Å²) in [6.07, 6.45) is 0. The minimum Gasteiger partial charge on any atom is -0.466 e. The van der Waals surface area contributed by atoms with E-state index in [0.29, 0.717) is 13.2 Å². The molecule has 1 aromatic rings. The minimum absolute atomic E-state index is 0.101. The van der Waals surface area contributed by atoms with Gasteiger partial charge in [0, 0.05) is 18.0 Å². The molecule has 0 bridgehead atoms. The highest BCUT2D eigenvalue weighted by atomic mass is 35.5. The molecule has 96 valence electrons. The van der Waals surface area contributed by atoms with E-state index in [0.717, 1.165) is 10.9 Å². The molecule has 0 amide bonds. The number of hydrogen-bond acceptors (Lipinski definition) is 4. The van der Waals surface area contributed by atoms with Gasteiger partial charge in [-0.25, -0.2) is 0 Å². The van der Waals surface area contributed by atoms with Gasteiger partial charge in [-0.1, -0.05) is 18.5 Å². The van der Waals surface area contributed by atoms with E-state index in [1.807, 2.05) is 33.0 Å². The highest BCUT2D eigenvalue weighted by Crippen LogP contribution is 2.22. The third-order valence-electron chi connectivity index (χ3n) is 2.33. The van der Waals surface area contributed by atoms with Gasteiger partial charge in [-0.05, 0) is 26.1 Å². The maximum Gasteiger partial charge on any atom is 0.309 e. The van der Waals surface area contributed by atoms with Crippen molar-refractivity contribution in [2.45, 2.75) is 20.4 Å². The average molecular weight is 276 g/mol. The highest BCUT2D eigenvalue weighted by molar-refractivity contribution is 7.16. The third kappa shape index (κ3) is 5.06. The zero-order valence-electron chi connectivity index (χ0n) is 10.4. The van der Waals surface area contributed by atoms with Crippen molar-refractivity contribution in [2.24, 2.45) is 5.92 Å². The monoisotopic (exact) mass is 275 g/mol. The molecule has 17 heavy (non-hydrogen) atoms. The Labute approximate surface area is 111 Å². The zero-order valence-corrected chi connectivity index (χ0v) is 12.0. The number of esters is 1. The summed E-state index contributed by atoms with van der Waals surface area (Å²) < 4.78 is 5.77. The molecule has 0 N–H and O–H groups in total. The predicted molar refractivity (Wildman–Crippen MR) is 71.5 cm³/mol. The number of hydrogen-bond donors (Lipinski definition) is 0. The zero-order chi connectivity index (χ0) is 12.8. The summed E-state index contributed by atoms with van der Waals surface area (Å²) >= 11 is 7.44. The highest BCUT2D eigenvalue weighted by Gasteiger charge is 2.16. The van der Waals surface area contributed by atoms with Gasteiger partial charge in [0.2, 0.25) is 0 Å². The van der Waals surface area contributed by atoms with Gasteiger partial charge in [0.15, 0.2) is 0 Å². The SMILES string of the molecule is CCOC(=O)C(C)CN(C)Cc1ccc(Cl)s1. The fourth-order valence-corrected chi connectivity index (χ4v) is 2.76. The van der Waals surface area contributed by atoms with Crippen LogP contribution in [0.4, 0.5) is 0 Å². The number of carbonyl (C=O) groups is 1. The van der Waals surface area contributed by atoms with Gasteiger partial charge < -0.3 is 9.64 Å². The lowest BCUT2D eigenvalue weighted by atomic mass is 10.2. The molecule has 0 spiro atoms. The molecule has 0 radical (unpaired) electrons. The summed E-state index contributed by atoms with van der Waals surface area (Å²) in [5.74, 6) is -0.237. The van der Waals surface area contributed by atoms with Crippen molar-refractivity contribution < 1.29 is 9.53 Å². The molecule has 1 atom stereocenters. The maximum absolute atomic E-state index is 11.5. The molecule has 0 saturated heterocycles. The van der Waals surface area contributed by atoms with E-state index in [-0.39, 0.29) is 11.9 Å². The Hall–Kier alpha value is -0.580. The van der Waals surface area contributed by atoms with E-state index in [2.05, 4.69) is 4.90 Å². The molecule has 0 aliphatic rings. The summed E-state index contributed by atoms with van der Waals surface area (Å²) in [6.45, 7) is 5.64. The van der Waals surface area contributed by atoms with Gasteiger partial charge in [-0.2, -0.15) is 0 Å². The summed E-state index contributed by atoms with van der Waals surface area (Å²) in [5.41, 5.74) is 0. The minimum atomic E-state index is -0.136. The Morgan fingerprint density at radius 3 is 2.82 bits per heavy atom. The molecule has 1 heterocycles. The van der Waals surface area contributed by atoms with Crippen LogP contribution >= 0.6 is 22.9 Å². The van der Waals surface area contributed by atoms with Crippen LogP contribution in [0, 0.1) is 5.92 Å². The molecule has 0 saturated carbocycles. The van der Waals surface area contributed by atoms with Crippen molar-refractivity contribution in [2.75, 3.05) is 20.2 Å². The second-order valence-electron chi connectivity index (χ2n) is 4.06. The van der Waals surface area contributed by atoms with Crippen LogP contribution in [0.5, 0.6) is 0 Å². The number of thiophene rings is 1. The second kappa shape index (κ2) is 6.99. The Morgan fingerprint density at radius 2 is 2.29 bits per heavy atom. The van der Waals surface area contributed by atoms with Crippen LogP contribution in [0.1, 0.15) is 18.7 Å². The van der Waals surface area contributed by atoms with Crippen LogP contribution in [0.25, 0.3) is 0 Å². The van der Waals surface area contributed by atoms with Crippen LogP contribution in [0.2, 0.25) is 4.34 Å². The Morgan fingerprint density at radius 1 is 1.59 bits per heavy atom. The Bertz CT molecular complexity index is 367. The number of halogens is 1. The summed E-state index contributed by atoms with van der Waals surface area (Å²) in [6, 6.07) is 3.91. The first kappa shape index (κ1) is 14.5. The van der Waals surface area contributed by atoms with Crippen LogP contribution in [-0.2, 0) is 16.1 Å². The third-order valence-corrected chi connectivity index (χ3v) is 3.55. The number of ether oxygens (including phenoxy) is 1. The van der Waals surface area contributed by atoms with E-state index in [9.17, 15) is 4.79 Å². The van der Waals surface area contributed by atoms with Crippen molar-refractivity contribution in [1.29, 1.82) is 0 Å². The van der Waals surface area contributed by atoms with Gasteiger partial charge in [-0.15, -0.1) is 11.3 Å². The number of carbonyl (C=O) groups excluding carboxylic acids is 1. The van der Waals surface area contributed by atoms with Crippen LogP contribution in [0.15, 0.2) is 12.1 Å². The molecule has 5 heteroatoms. The first-order valence-corrected chi connectivity index (χ1v) is 6.81. The predicted octanol–water partition coefficient (Wildman–Crippen LogP) is 3.03. The second-order valence-corrected chi connectivity index (χ2v) is 5.86. The van der Waals surface area contributed by atoms with Crippen molar-refractivity contribution in [1.82, 2.24) is 4.90 Å². The molecule has 0 aromatic carbocycles. The van der Waals surface area contributed by atoms with E-state index in [1.165, 1.54) is 4.88 Å². The summed E-state index contributed by atoms with van der Waals surface area (Å²) in [4.78, 5) is 14.8. The molecule has 1 unspecified atom stereocenters. The lowest BCUT2D eigenvalue weighted by Crippen LogP contribution is -2.29. The van der Waals surface area contributed by atoms with Gasteiger partial charge in [0.1, 0.15) is 0 Å². The van der Waals surface area contributed by atoms with Gasteiger partial charge in [-0.3, -0.25) is 4.79 Å². The first-order valence-electron chi connectivity index (χ1n) is 5.62. The standard InChI is InChI=1S/C12H18ClNO2S/c1-4-16-12(15)9(2)7-14(3)8-10-5-6-11(13)17-10/h5-6,9H,4,7-8H2,1-3H3. The van der Waals surface area contributed by atoms with Crippen LogP contribution < -0.4 is 0 Å². The van der Waals surface area contributed by atoms with Crippen LogP contribution in [-0.4, -0.2) is 31.1 Å². The van der Waals surface area contributed by atoms with E-state index < -0.39 is 0 Å². The normalized spacial score (nSPS) is 12.8. The fraction of sp³-hybridized carbons (Fsp3) is 0.583. The molecule has 0 aliphatic heterocycles. The quantitative estimate of drug-likeness (QED) is 0.748. The van der Waals surface area contributed by atoms with Crippen molar-refractivity contribution in [3.05, 3.63) is 21.3 Å². The first-order chi connectivity index (χ1) is 8.02. The van der Waals surface area contributed by atoms with Crippen LogP contribution in [0.3, 0.4) is 0 Å². The molecule has 3 nitrogen and oxygen atoms in total. The van der Waals surface area contributed by atoms with Crippen molar-refractivity contribution in [3.63, 3.8) is 0 Å². The Balaban J connectivity index is 2.38. The van der Waals surface area contributed by atoms with E-state index in [4.69, 9.17) is 16.3 Å². The number of nitrogens with zero attached hydrogens (tertiary/aromatic N) is 1. The summed E-state index contributed by atoms with van der Waals surface area (Å²) in [7, 11) is 1.99. The molecule has 0 fully saturated rings. The van der Waals surface area contributed by atoms with Gasteiger partial charge >= 0.3 is 5.97 Å². The van der Waals surface area contributed by atoms with Gasteiger partial charge in [0.25, 0.3) is 0 Å². The van der Waals surface area contributed by atoms with Crippen molar-refractivity contribution >= 4 is 28.9 Å². The molecule has 1 aromatic heterocycles. The molecule has 1 rings (SSSR count). The Kier molecular flexibility index (Phi) is 5.95.